The Morgan fingerprint density at radius 3 is 3.00 bits per heavy atom. The van der Waals surface area contributed by atoms with Crippen LogP contribution in [-0.2, 0) is 0 Å². The lowest BCUT2D eigenvalue weighted by Crippen LogP contribution is -1.79. The molecule has 3 heterocycles. The number of aryl methyl sites for hydroxylation is 1. The van der Waals surface area contributed by atoms with Gasteiger partial charge >= 0.3 is 0 Å². The van der Waals surface area contributed by atoms with E-state index in [0.29, 0.717) is 5.15 Å². The number of furan rings is 2. The van der Waals surface area contributed by atoms with E-state index in [1.54, 1.807) is 12.5 Å². The summed E-state index contributed by atoms with van der Waals surface area (Å²) in [7, 11) is 0. The summed E-state index contributed by atoms with van der Waals surface area (Å²) in [5, 5.41) is 3.34. The van der Waals surface area contributed by atoms with Gasteiger partial charge in [-0.1, -0.05) is 11.6 Å². The Balaban J connectivity index is 2.32. The molecule has 0 aliphatic heterocycles. The molecule has 18 heavy (non-hydrogen) atoms. The maximum atomic E-state index is 6.18. The number of rotatable bonds is 0. The molecule has 1 aromatic carbocycles. The molecule has 0 saturated heterocycles. The first kappa shape index (κ1) is 9.97. The second kappa shape index (κ2) is 3.27. The maximum Gasteiger partial charge on any atom is 0.142 e. The third kappa shape index (κ3) is 1.17. The van der Waals surface area contributed by atoms with Crippen LogP contribution in [0.3, 0.4) is 0 Å². The number of halogens is 1. The van der Waals surface area contributed by atoms with Crippen LogP contribution in [0.4, 0.5) is 0 Å². The molecule has 0 bridgehead atoms. The largest absolute Gasteiger partial charge is 0.464 e. The average Bonchev–Trinajstić information content (AvgIpc) is 2.94. The summed E-state index contributed by atoms with van der Waals surface area (Å²) in [5.74, 6) is 0. The number of nitrogens with zero attached hydrogens (tertiary/aromatic N) is 1. The minimum Gasteiger partial charge on any atom is -0.464 e. The summed E-state index contributed by atoms with van der Waals surface area (Å²) in [6.07, 6.45) is 3.38. The molecule has 0 spiro atoms. The van der Waals surface area contributed by atoms with Crippen molar-refractivity contribution in [3.63, 3.8) is 0 Å². The number of benzene rings is 1. The lowest BCUT2D eigenvalue weighted by molar-refractivity contribution is 0.613. The number of fused-ring (bicyclic) bond motifs is 4. The van der Waals surface area contributed by atoms with E-state index in [1.807, 2.05) is 25.1 Å². The highest BCUT2D eigenvalue weighted by atomic mass is 35.5. The van der Waals surface area contributed by atoms with Gasteiger partial charge in [0.25, 0.3) is 0 Å². The van der Waals surface area contributed by atoms with Crippen molar-refractivity contribution in [1.82, 2.24) is 4.98 Å². The molecule has 4 rings (SSSR count). The predicted molar refractivity (Wildman–Crippen MR) is 71.0 cm³/mol. The van der Waals surface area contributed by atoms with Gasteiger partial charge in [0.1, 0.15) is 21.9 Å². The van der Waals surface area contributed by atoms with Crippen LogP contribution < -0.4 is 0 Å². The van der Waals surface area contributed by atoms with Crippen molar-refractivity contribution in [1.29, 1.82) is 0 Å². The third-order valence-corrected chi connectivity index (χ3v) is 3.49. The molecule has 0 atom stereocenters. The van der Waals surface area contributed by atoms with Gasteiger partial charge < -0.3 is 8.83 Å². The van der Waals surface area contributed by atoms with Crippen LogP contribution in [0.2, 0.25) is 5.15 Å². The molecule has 4 heteroatoms. The number of hydrogen-bond donors (Lipinski definition) is 0. The molecule has 3 aromatic heterocycles. The van der Waals surface area contributed by atoms with Gasteiger partial charge in [-0.05, 0) is 19.1 Å². The van der Waals surface area contributed by atoms with E-state index in [1.165, 1.54) is 0 Å². The van der Waals surface area contributed by atoms with Crippen molar-refractivity contribution >= 4 is 44.5 Å². The number of pyridine rings is 1. The summed E-state index contributed by atoms with van der Waals surface area (Å²) in [6, 6.07) is 5.83. The van der Waals surface area contributed by atoms with E-state index in [9.17, 15) is 0 Å². The summed E-state index contributed by atoms with van der Waals surface area (Å²) in [6.45, 7) is 1.96. The fourth-order valence-electron chi connectivity index (χ4n) is 2.31. The maximum absolute atomic E-state index is 6.18. The van der Waals surface area contributed by atoms with Gasteiger partial charge in [0.15, 0.2) is 0 Å². The van der Waals surface area contributed by atoms with Gasteiger partial charge in [-0.25, -0.2) is 4.98 Å². The van der Waals surface area contributed by atoms with E-state index in [4.69, 9.17) is 20.4 Å². The van der Waals surface area contributed by atoms with Gasteiger partial charge in [-0.3, -0.25) is 0 Å². The summed E-state index contributed by atoms with van der Waals surface area (Å²) >= 11 is 6.18. The molecule has 0 fully saturated rings. The Hall–Kier alpha value is -2.00. The SMILES string of the molecule is Cc1cnc(Cl)c2c1oc1cc3occc3cc12. The average molecular weight is 258 g/mol. The monoisotopic (exact) mass is 257 g/mol. The van der Waals surface area contributed by atoms with Gasteiger partial charge in [0, 0.05) is 28.6 Å². The first-order chi connectivity index (χ1) is 8.74. The molecule has 0 unspecified atom stereocenters. The van der Waals surface area contributed by atoms with E-state index in [2.05, 4.69) is 4.98 Å². The first-order valence-corrected chi connectivity index (χ1v) is 5.96. The summed E-state index contributed by atoms with van der Waals surface area (Å²) in [5.41, 5.74) is 3.34. The molecular weight excluding hydrogens is 250 g/mol. The topological polar surface area (TPSA) is 39.2 Å². The van der Waals surface area contributed by atoms with Gasteiger partial charge in [0.05, 0.1) is 11.6 Å². The normalized spacial score (nSPS) is 11.9. The first-order valence-electron chi connectivity index (χ1n) is 5.58. The van der Waals surface area contributed by atoms with Crippen LogP contribution >= 0.6 is 11.6 Å². The highest BCUT2D eigenvalue weighted by molar-refractivity contribution is 6.36. The van der Waals surface area contributed by atoms with Crippen molar-refractivity contribution in [3.8, 4) is 0 Å². The molecule has 0 aliphatic carbocycles. The highest BCUT2D eigenvalue weighted by Crippen LogP contribution is 2.36. The Kier molecular flexibility index (Phi) is 1.81. The van der Waals surface area contributed by atoms with Crippen molar-refractivity contribution in [3.05, 3.63) is 41.4 Å². The molecule has 88 valence electrons. The van der Waals surface area contributed by atoms with Crippen LogP contribution in [0.5, 0.6) is 0 Å². The zero-order valence-electron chi connectivity index (χ0n) is 9.53. The summed E-state index contributed by atoms with van der Waals surface area (Å²) in [4.78, 5) is 4.18. The molecule has 0 radical (unpaired) electrons. The fraction of sp³-hybridized carbons (Fsp3) is 0.0714. The molecular formula is C14H8ClNO2. The van der Waals surface area contributed by atoms with Crippen LogP contribution in [0.1, 0.15) is 5.56 Å². The van der Waals surface area contributed by atoms with Crippen molar-refractivity contribution in [2.45, 2.75) is 6.92 Å². The zero-order valence-corrected chi connectivity index (χ0v) is 10.3. The minimum atomic E-state index is 0.470. The lowest BCUT2D eigenvalue weighted by Gasteiger charge is -1.95. The van der Waals surface area contributed by atoms with Gasteiger partial charge in [-0.2, -0.15) is 0 Å². The van der Waals surface area contributed by atoms with Crippen LogP contribution in [0.15, 0.2) is 39.5 Å². The van der Waals surface area contributed by atoms with E-state index >= 15 is 0 Å². The van der Waals surface area contributed by atoms with Crippen LogP contribution in [0.25, 0.3) is 32.9 Å². The Morgan fingerprint density at radius 2 is 2.11 bits per heavy atom. The van der Waals surface area contributed by atoms with Crippen molar-refractivity contribution in [2.24, 2.45) is 0 Å². The van der Waals surface area contributed by atoms with E-state index in [-0.39, 0.29) is 0 Å². The van der Waals surface area contributed by atoms with Gasteiger partial charge in [-0.15, -0.1) is 0 Å². The molecule has 0 aliphatic rings. The molecule has 3 nitrogen and oxygen atoms in total. The standard InChI is InChI=1S/C14H8ClNO2/c1-7-6-16-14(15)12-9-4-8-2-3-17-10(8)5-11(9)18-13(7)12/h2-6H,1H3. The Morgan fingerprint density at radius 1 is 1.22 bits per heavy atom. The van der Waals surface area contributed by atoms with Crippen molar-refractivity contribution in [2.75, 3.05) is 0 Å². The molecule has 0 amide bonds. The minimum absolute atomic E-state index is 0.470. The summed E-state index contributed by atoms with van der Waals surface area (Å²) < 4.78 is 11.2. The van der Waals surface area contributed by atoms with Crippen LogP contribution in [0, 0.1) is 6.92 Å². The Bertz CT molecular complexity index is 904. The van der Waals surface area contributed by atoms with Crippen molar-refractivity contribution < 1.29 is 8.83 Å². The zero-order chi connectivity index (χ0) is 12.3. The predicted octanol–water partition coefficient (Wildman–Crippen LogP) is 4.69. The fourth-order valence-corrected chi connectivity index (χ4v) is 2.55. The highest BCUT2D eigenvalue weighted by Gasteiger charge is 2.14. The third-order valence-electron chi connectivity index (χ3n) is 3.20. The second-order valence-corrected chi connectivity index (χ2v) is 4.70. The lowest BCUT2D eigenvalue weighted by atomic mass is 10.1. The molecule has 0 N–H and O–H groups in total. The molecule has 4 aromatic rings. The van der Waals surface area contributed by atoms with Crippen LogP contribution in [-0.4, -0.2) is 4.98 Å². The van der Waals surface area contributed by atoms with E-state index in [0.717, 1.165) is 38.5 Å². The number of aromatic nitrogens is 1. The molecule has 0 saturated carbocycles. The van der Waals surface area contributed by atoms with E-state index < -0.39 is 0 Å². The quantitative estimate of drug-likeness (QED) is 0.429. The number of hydrogen-bond acceptors (Lipinski definition) is 3. The smallest absolute Gasteiger partial charge is 0.142 e. The second-order valence-electron chi connectivity index (χ2n) is 4.35. The Labute approximate surface area is 107 Å². The van der Waals surface area contributed by atoms with Gasteiger partial charge in [0.2, 0.25) is 0 Å².